The molecule has 0 fully saturated rings. The maximum Gasteiger partial charge on any atom is 0.127 e. The Bertz CT molecular complexity index is 331. The number of nitrogens with one attached hydrogen (secondary N) is 1. The van der Waals surface area contributed by atoms with Crippen molar-refractivity contribution in [3.63, 3.8) is 0 Å². The monoisotopic (exact) mass is 238 g/mol. The molecule has 0 bridgehead atoms. The van der Waals surface area contributed by atoms with Gasteiger partial charge in [0.1, 0.15) is 11.5 Å². The highest BCUT2D eigenvalue weighted by Crippen LogP contribution is 2.33. The summed E-state index contributed by atoms with van der Waals surface area (Å²) in [6, 6.07) is 6.02. The maximum atomic E-state index is 5.41. The Balaban J connectivity index is 3.14. The third-order valence-corrected chi connectivity index (χ3v) is 2.71. The number of methoxy groups -OCH3 is 2. The van der Waals surface area contributed by atoms with E-state index in [1.54, 1.807) is 14.2 Å². The lowest BCUT2D eigenvalue weighted by Gasteiger charge is -2.24. The molecule has 0 aliphatic heterocycles. The molecule has 0 aliphatic carbocycles. The second kappa shape index (κ2) is 6.47. The molecule has 0 radical (unpaired) electrons. The molecule has 1 unspecified atom stereocenters. The van der Waals surface area contributed by atoms with Crippen molar-refractivity contribution < 1.29 is 9.47 Å². The van der Waals surface area contributed by atoms with Gasteiger partial charge in [-0.15, -0.1) is 0 Å². The molecule has 4 heteroatoms. The zero-order valence-electron chi connectivity index (χ0n) is 11.3. The summed E-state index contributed by atoms with van der Waals surface area (Å²) in [6.45, 7) is 0.882. The molecule has 17 heavy (non-hydrogen) atoms. The van der Waals surface area contributed by atoms with Crippen molar-refractivity contribution >= 4 is 0 Å². The Morgan fingerprint density at radius 2 is 1.71 bits per heavy atom. The molecule has 4 nitrogen and oxygen atoms in total. The van der Waals surface area contributed by atoms with Crippen molar-refractivity contribution in [3.05, 3.63) is 23.8 Å². The van der Waals surface area contributed by atoms with Crippen molar-refractivity contribution in [1.82, 2.24) is 10.2 Å². The van der Waals surface area contributed by atoms with E-state index in [0.717, 1.165) is 23.6 Å². The van der Waals surface area contributed by atoms with Gasteiger partial charge in [0.15, 0.2) is 0 Å². The van der Waals surface area contributed by atoms with Crippen LogP contribution in [-0.4, -0.2) is 46.8 Å². The Morgan fingerprint density at radius 3 is 2.06 bits per heavy atom. The Kier molecular flexibility index (Phi) is 5.25. The molecule has 1 rings (SSSR count). The van der Waals surface area contributed by atoms with E-state index in [1.807, 2.05) is 39.3 Å². The van der Waals surface area contributed by atoms with Gasteiger partial charge >= 0.3 is 0 Å². The van der Waals surface area contributed by atoms with Crippen LogP contribution in [0.3, 0.4) is 0 Å². The Morgan fingerprint density at radius 1 is 1.18 bits per heavy atom. The number of hydrogen-bond donors (Lipinski definition) is 1. The van der Waals surface area contributed by atoms with Crippen molar-refractivity contribution in [1.29, 1.82) is 0 Å². The third kappa shape index (κ3) is 3.35. The summed E-state index contributed by atoms with van der Waals surface area (Å²) in [4.78, 5) is 2.13. The summed E-state index contributed by atoms with van der Waals surface area (Å²) in [6.07, 6.45) is 0. The first kappa shape index (κ1) is 13.8. The molecule has 1 aromatic rings. The zero-order valence-corrected chi connectivity index (χ0v) is 11.3. The number of nitrogens with zero attached hydrogens (tertiary/aromatic N) is 1. The quantitative estimate of drug-likeness (QED) is 0.815. The highest BCUT2D eigenvalue weighted by atomic mass is 16.5. The molecule has 0 spiro atoms. The first-order valence-corrected chi connectivity index (χ1v) is 5.67. The molecule has 0 saturated carbocycles. The smallest absolute Gasteiger partial charge is 0.127 e. The van der Waals surface area contributed by atoms with Crippen LogP contribution in [0.1, 0.15) is 11.6 Å². The number of ether oxygens (including phenoxy) is 2. The van der Waals surface area contributed by atoms with Gasteiger partial charge in [0.05, 0.1) is 25.8 Å². The summed E-state index contributed by atoms with van der Waals surface area (Å²) in [7, 11) is 9.40. The minimum Gasteiger partial charge on any atom is -0.496 e. The molecule has 0 aromatic heterocycles. The van der Waals surface area contributed by atoms with Crippen molar-refractivity contribution in [3.8, 4) is 11.5 Å². The minimum atomic E-state index is 0.177. The fraction of sp³-hybridized carbons (Fsp3) is 0.538. The largest absolute Gasteiger partial charge is 0.496 e. The van der Waals surface area contributed by atoms with Gasteiger partial charge in [-0.25, -0.2) is 0 Å². The maximum absolute atomic E-state index is 5.41. The SMILES string of the molecule is CNC(CN(C)C)c1c(OC)cccc1OC. The van der Waals surface area contributed by atoms with Crippen molar-refractivity contribution in [2.75, 3.05) is 41.9 Å². The normalized spacial score (nSPS) is 12.6. The number of likely N-dealkylation sites (N-methyl/N-ethyl adjacent to an activating group) is 2. The third-order valence-electron chi connectivity index (χ3n) is 2.71. The lowest BCUT2D eigenvalue weighted by Crippen LogP contribution is -2.29. The van der Waals surface area contributed by atoms with Crippen LogP contribution >= 0.6 is 0 Å². The fourth-order valence-electron chi connectivity index (χ4n) is 1.92. The van der Waals surface area contributed by atoms with Gasteiger partial charge in [-0.2, -0.15) is 0 Å². The van der Waals surface area contributed by atoms with Crippen LogP contribution in [0.5, 0.6) is 11.5 Å². The highest BCUT2D eigenvalue weighted by Gasteiger charge is 2.19. The lowest BCUT2D eigenvalue weighted by molar-refractivity contribution is 0.327. The van der Waals surface area contributed by atoms with Gasteiger partial charge in [-0.3, -0.25) is 0 Å². The van der Waals surface area contributed by atoms with E-state index in [0.29, 0.717) is 0 Å². The summed E-state index contributed by atoms with van der Waals surface area (Å²) < 4.78 is 10.8. The molecule has 1 aromatic carbocycles. The average Bonchev–Trinajstić information content (AvgIpc) is 2.34. The van der Waals surface area contributed by atoms with Gasteiger partial charge in [0.25, 0.3) is 0 Å². The molecule has 96 valence electrons. The van der Waals surface area contributed by atoms with E-state index < -0.39 is 0 Å². The molecule has 0 amide bonds. The average molecular weight is 238 g/mol. The second-order valence-corrected chi connectivity index (χ2v) is 4.18. The Hall–Kier alpha value is -1.26. The van der Waals surface area contributed by atoms with E-state index in [9.17, 15) is 0 Å². The van der Waals surface area contributed by atoms with E-state index in [4.69, 9.17) is 9.47 Å². The minimum absolute atomic E-state index is 0.177. The van der Waals surface area contributed by atoms with Crippen LogP contribution in [0.25, 0.3) is 0 Å². The van der Waals surface area contributed by atoms with Gasteiger partial charge in [0.2, 0.25) is 0 Å². The lowest BCUT2D eigenvalue weighted by atomic mass is 10.0. The molecule has 0 aliphatic rings. The number of hydrogen-bond acceptors (Lipinski definition) is 4. The summed E-state index contributed by atoms with van der Waals surface area (Å²) in [5.41, 5.74) is 1.06. The molecule has 1 atom stereocenters. The van der Waals surface area contributed by atoms with Crippen LogP contribution in [0, 0.1) is 0 Å². The summed E-state index contributed by atoms with van der Waals surface area (Å²) in [5.74, 6) is 1.70. The van der Waals surface area contributed by atoms with Crippen molar-refractivity contribution in [2.24, 2.45) is 0 Å². The molecular weight excluding hydrogens is 216 g/mol. The Labute approximate surface area is 104 Å². The molecule has 1 N–H and O–H groups in total. The predicted molar refractivity (Wildman–Crippen MR) is 69.9 cm³/mol. The first-order valence-electron chi connectivity index (χ1n) is 5.67. The molecular formula is C13H22N2O2. The zero-order chi connectivity index (χ0) is 12.8. The van der Waals surface area contributed by atoms with Gasteiger partial charge < -0.3 is 19.7 Å². The fourth-order valence-corrected chi connectivity index (χ4v) is 1.92. The van der Waals surface area contributed by atoms with E-state index >= 15 is 0 Å². The molecule has 0 saturated heterocycles. The second-order valence-electron chi connectivity index (χ2n) is 4.18. The number of benzene rings is 1. The van der Waals surface area contributed by atoms with Gasteiger partial charge in [0, 0.05) is 6.54 Å². The van der Waals surface area contributed by atoms with Crippen LogP contribution in [0.15, 0.2) is 18.2 Å². The van der Waals surface area contributed by atoms with E-state index in [2.05, 4.69) is 10.2 Å². The molecule has 0 heterocycles. The van der Waals surface area contributed by atoms with Crippen LogP contribution < -0.4 is 14.8 Å². The van der Waals surface area contributed by atoms with E-state index in [1.165, 1.54) is 0 Å². The van der Waals surface area contributed by atoms with Crippen LogP contribution in [0.2, 0.25) is 0 Å². The van der Waals surface area contributed by atoms with Crippen molar-refractivity contribution in [2.45, 2.75) is 6.04 Å². The van der Waals surface area contributed by atoms with E-state index in [-0.39, 0.29) is 6.04 Å². The topological polar surface area (TPSA) is 33.7 Å². The van der Waals surface area contributed by atoms with Crippen LogP contribution in [-0.2, 0) is 0 Å². The van der Waals surface area contributed by atoms with Gasteiger partial charge in [-0.1, -0.05) is 6.07 Å². The first-order chi connectivity index (χ1) is 8.13. The predicted octanol–water partition coefficient (Wildman–Crippen LogP) is 1.53. The standard InChI is InChI=1S/C13H22N2O2/c1-14-10(9-15(2)3)13-11(16-4)7-6-8-12(13)17-5/h6-8,10,14H,9H2,1-5H3. The van der Waals surface area contributed by atoms with Gasteiger partial charge in [-0.05, 0) is 33.3 Å². The highest BCUT2D eigenvalue weighted by molar-refractivity contribution is 5.47. The van der Waals surface area contributed by atoms with Crippen LogP contribution in [0.4, 0.5) is 0 Å². The number of rotatable bonds is 6. The summed E-state index contributed by atoms with van der Waals surface area (Å²) >= 11 is 0. The summed E-state index contributed by atoms with van der Waals surface area (Å²) in [5, 5.41) is 3.30.